The first-order valence-corrected chi connectivity index (χ1v) is 14.5. The molecule has 0 aromatic heterocycles. The normalized spacial score (nSPS) is 10.6. The third kappa shape index (κ3) is 12.0. The first-order valence-electron chi connectivity index (χ1n) is 11.3. The number of hydrogen-bond acceptors (Lipinski definition) is 2. The van der Waals surface area contributed by atoms with Crippen LogP contribution in [-0.2, 0) is 0 Å². The van der Waals surface area contributed by atoms with Crippen LogP contribution in [0.25, 0.3) is 0 Å². The van der Waals surface area contributed by atoms with Crippen LogP contribution in [0.1, 0.15) is 51.4 Å². The molecule has 186 valence electrons. The monoisotopic (exact) mass is 722 g/mol. The summed E-state index contributed by atoms with van der Waals surface area (Å²) in [6, 6.07) is 10.9. The van der Waals surface area contributed by atoms with Gasteiger partial charge in [-0.3, -0.25) is 0 Å². The van der Waals surface area contributed by atoms with E-state index in [1.807, 2.05) is 36.4 Å². The molecule has 0 unspecified atom stereocenters. The fraction of sp³-hybridized carbons (Fsp3) is 0.417. The highest BCUT2D eigenvalue weighted by molar-refractivity contribution is 9.11. The van der Waals surface area contributed by atoms with Crippen LogP contribution in [-0.4, -0.2) is 25.2 Å². The standard InChI is InChI=1S/C24H30Br4N4O2/c25-17-9-11-21(19(27)15-17)31-23(33)29-13-7-5-3-1-2-4-6-8-14-30-24(34)32-22-12-10-18(26)16-20(22)28/h9-12,15-16H,1-8,13-14H2,(H2,29,31,33)(H2,30,32,34). The van der Waals surface area contributed by atoms with E-state index in [4.69, 9.17) is 0 Å². The lowest BCUT2D eigenvalue weighted by molar-refractivity contribution is 0.251. The van der Waals surface area contributed by atoms with Crippen LogP contribution < -0.4 is 21.3 Å². The summed E-state index contributed by atoms with van der Waals surface area (Å²) in [6.45, 7) is 1.34. The Morgan fingerprint density at radius 1 is 0.559 bits per heavy atom. The van der Waals surface area contributed by atoms with Crippen molar-refractivity contribution in [1.82, 2.24) is 10.6 Å². The molecule has 0 aliphatic rings. The first-order chi connectivity index (χ1) is 16.3. The molecule has 2 aromatic carbocycles. The van der Waals surface area contributed by atoms with Gasteiger partial charge in [-0.2, -0.15) is 0 Å². The summed E-state index contributed by atoms with van der Waals surface area (Å²) in [5, 5.41) is 11.5. The van der Waals surface area contributed by atoms with Crippen molar-refractivity contribution in [2.45, 2.75) is 51.4 Å². The molecule has 0 spiro atoms. The zero-order chi connectivity index (χ0) is 24.8. The second-order valence-electron chi connectivity index (χ2n) is 7.84. The summed E-state index contributed by atoms with van der Waals surface area (Å²) < 4.78 is 3.58. The molecule has 0 saturated carbocycles. The maximum atomic E-state index is 12.0. The van der Waals surface area contributed by atoms with E-state index in [2.05, 4.69) is 85.0 Å². The van der Waals surface area contributed by atoms with Gasteiger partial charge in [0, 0.05) is 31.0 Å². The highest BCUT2D eigenvalue weighted by Crippen LogP contribution is 2.27. The molecule has 4 amide bonds. The van der Waals surface area contributed by atoms with Crippen LogP contribution >= 0.6 is 63.7 Å². The van der Waals surface area contributed by atoms with Crippen LogP contribution in [0.15, 0.2) is 54.3 Å². The van der Waals surface area contributed by atoms with Gasteiger partial charge in [-0.25, -0.2) is 9.59 Å². The van der Waals surface area contributed by atoms with Gasteiger partial charge in [0.1, 0.15) is 0 Å². The van der Waals surface area contributed by atoms with Gasteiger partial charge in [0.15, 0.2) is 0 Å². The topological polar surface area (TPSA) is 82.3 Å². The van der Waals surface area contributed by atoms with Gasteiger partial charge in [-0.1, -0.05) is 70.4 Å². The van der Waals surface area contributed by atoms with Gasteiger partial charge >= 0.3 is 12.1 Å². The number of urea groups is 2. The molecule has 6 nitrogen and oxygen atoms in total. The molecule has 0 aliphatic carbocycles. The van der Waals surface area contributed by atoms with Crippen molar-refractivity contribution < 1.29 is 9.59 Å². The number of halogens is 4. The number of hydrogen-bond donors (Lipinski definition) is 4. The molecule has 0 aliphatic heterocycles. The Hall–Kier alpha value is -1.10. The lowest BCUT2D eigenvalue weighted by atomic mass is 10.1. The molecule has 0 atom stereocenters. The molecule has 34 heavy (non-hydrogen) atoms. The number of unbranched alkanes of at least 4 members (excludes halogenated alkanes) is 7. The van der Waals surface area contributed by atoms with Crippen LogP contribution in [0.5, 0.6) is 0 Å². The number of carbonyl (C=O) groups excluding carboxylic acids is 2. The maximum absolute atomic E-state index is 12.0. The molecular formula is C24H30Br4N4O2. The van der Waals surface area contributed by atoms with Crippen LogP contribution in [0, 0.1) is 0 Å². The van der Waals surface area contributed by atoms with Gasteiger partial charge in [0.05, 0.1) is 11.4 Å². The van der Waals surface area contributed by atoms with Gasteiger partial charge in [-0.15, -0.1) is 0 Å². The maximum Gasteiger partial charge on any atom is 0.319 e. The van der Waals surface area contributed by atoms with E-state index in [1.54, 1.807) is 0 Å². The highest BCUT2D eigenvalue weighted by atomic mass is 79.9. The zero-order valence-corrected chi connectivity index (χ0v) is 25.2. The average molecular weight is 726 g/mol. The summed E-state index contributed by atoms with van der Waals surface area (Å²) in [5.74, 6) is 0. The summed E-state index contributed by atoms with van der Waals surface area (Å²) in [5.41, 5.74) is 1.49. The summed E-state index contributed by atoms with van der Waals surface area (Å²) in [7, 11) is 0. The Bertz CT molecular complexity index is 868. The minimum Gasteiger partial charge on any atom is -0.338 e. The number of rotatable bonds is 13. The Morgan fingerprint density at radius 2 is 0.912 bits per heavy atom. The molecule has 0 fully saturated rings. The lowest BCUT2D eigenvalue weighted by Crippen LogP contribution is -2.29. The molecule has 2 aromatic rings. The van der Waals surface area contributed by atoms with E-state index in [9.17, 15) is 9.59 Å². The molecule has 10 heteroatoms. The van der Waals surface area contributed by atoms with Gasteiger partial charge in [0.25, 0.3) is 0 Å². The number of benzene rings is 2. The number of amides is 4. The largest absolute Gasteiger partial charge is 0.338 e. The SMILES string of the molecule is O=C(NCCCCCCCCCCNC(=O)Nc1ccc(Br)cc1Br)Nc1ccc(Br)cc1Br. The summed E-state index contributed by atoms with van der Waals surface area (Å²) in [6.07, 6.45) is 8.90. The van der Waals surface area contributed by atoms with Crippen LogP contribution in [0.3, 0.4) is 0 Å². The van der Waals surface area contributed by atoms with Crippen molar-refractivity contribution in [1.29, 1.82) is 0 Å². The van der Waals surface area contributed by atoms with Crippen molar-refractivity contribution in [3.8, 4) is 0 Å². The predicted molar refractivity (Wildman–Crippen MR) is 155 cm³/mol. The van der Waals surface area contributed by atoms with E-state index in [0.29, 0.717) is 13.1 Å². The van der Waals surface area contributed by atoms with Gasteiger partial charge in [0.2, 0.25) is 0 Å². The molecule has 0 saturated heterocycles. The van der Waals surface area contributed by atoms with E-state index in [0.717, 1.165) is 54.9 Å². The number of nitrogens with one attached hydrogen (secondary N) is 4. The molecule has 0 radical (unpaired) electrons. The first kappa shape index (κ1) is 29.1. The average Bonchev–Trinajstić information content (AvgIpc) is 2.78. The van der Waals surface area contributed by atoms with Crippen molar-refractivity contribution in [2.24, 2.45) is 0 Å². The summed E-state index contributed by atoms with van der Waals surface area (Å²) >= 11 is 13.7. The number of anilines is 2. The van der Waals surface area contributed by atoms with Crippen LogP contribution in [0.2, 0.25) is 0 Å². The Labute approximate surface area is 235 Å². The highest BCUT2D eigenvalue weighted by Gasteiger charge is 2.06. The second kappa shape index (κ2) is 16.5. The van der Waals surface area contributed by atoms with Gasteiger partial charge in [-0.05, 0) is 81.1 Å². The third-order valence-electron chi connectivity index (χ3n) is 5.03. The Kier molecular flexibility index (Phi) is 14.2. The van der Waals surface area contributed by atoms with Gasteiger partial charge < -0.3 is 21.3 Å². The van der Waals surface area contributed by atoms with Crippen molar-refractivity contribution in [3.63, 3.8) is 0 Å². The Balaban J connectivity index is 1.40. The minimum absolute atomic E-state index is 0.185. The predicted octanol–water partition coefficient (Wildman–Crippen LogP) is 8.80. The van der Waals surface area contributed by atoms with Crippen molar-refractivity contribution in [2.75, 3.05) is 23.7 Å². The quantitative estimate of drug-likeness (QED) is 0.156. The Morgan fingerprint density at radius 3 is 1.26 bits per heavy atom. The fourth-order valence-corrected chi connectivity index (χ4v) is 5.52. The number of carbonyl (C=O) groups is 2. The van der Waals surface area contributed by atoms with Crippen molar-refractivity contribution >= 4 is 87.2 Å². The minimum atomic E-state index is -0.185. The van der Waals surface area contributed by atoms with E-state index in [-0.39, 0.29) is 12.1 Å². The second-order valence-corrected chi connectivity index (χ2v) is 11.4. The molecule has 0 heterocycles. The van der Waals surface area contributed by atoms with E-state index < -0.39 is 0 Å². The molecule has 0 bridgehead atoms. The van der Waals surface area contributed by atoms with Crippen molar-refractivity contribution in [3.05, 3.63) is 54.3 Å². The lowest BCUT2D eigenvalue weighted by Gasteiger charge is -2.10. The molecule has 4 N–H and O–H groups in total. The third-order valence-corrected chi connectivity index (χ3v) is 7.33. The zero-order valence-electron chi connectivity index (χ0n) is 18.9. The van der Waals surface area contributed by atoms with Crippen LogP contribution in [0.4, 0.5) is 21.0 Å². The van der Waals surface area contributed by atoms with E-state index >= 15 is 0 Å². The fourth-order valence-electron chi connectivity index (χ4n) is 3.23. The molecular weight excluding hydrogens is 696 g/mol. The van der Waals surface area contributed by atoms with E-state index in [1.165, 1.54) is 25.7 Å². The molecule has 2 rings (SSSR count). The smallest absolute Gasteiger partial charge is 0.319 e. The summed E-state index contributed by atoms with van der Waals surface area (Å²) in [4.78, 5) is 24.0.